The third-order valence-corrected chi connectivity index (χ3v) is 3.36. The molecule has 0 amide bonds. The predicted octanol–water partition coefficient (Wildman–Crippen LogP) is 2.40. The van der Waals surface area contributed by atoms with Gasteiger partial charge in [-0.25, -0.2) is 8.42 Å². The molecule has 0 saturated carbocycles. The van der Waals surface area contributed by atoms with Crippen molar-refractivity contribution in [1.82, 2.24) is 0 Å². The van der Waals surface area contributed by atoms with Crippen LogP contribution in [0.25, 0.3) is 0 Å². The van der Waals surface area contributed by atoms with Crippen molar-refractivity contribution in [2.75, 3.05) is 6.26 Å². The molecule has 1 aromatic carbocycles. The van der Waals surface area contributed by atoms with Crippen molar-refractivity contribution < 1.29 is 21.6 Å². The normalized spacial score (nSPS) is 12.9. The van der Waals surface area contributed by atoms with Gasteiger partial charge in [-0.3, -0.25) is 0 Å². The molecule has 0 fully saturated rings. The van der Waals surface area contributed by atoms with Crippen LogP contribution in [0.15, 0.2) is 28.0 Å². The van der Waals surface area contributed by atoms with Crippen LogP contribution in [0.5, 0.6) is 0 Å². The number of hydrogen-bond donors (Lipinski definition) is 1. The van der Waals surface area contributed by atoms with Gasteiger partial charge in [-0.05, 0) is 18.2 Å². The molecule has 1 aromatic rings. The standard InChI is InChI=1S/C8H7F3O2S2/c1-15(12,13)7-4-5(8(9,10)11)2-3-6(7)14/h2-4,14H,1H3. The molecule has 0 spiro atoms. The minimum absolute atomic E-state index is 0.00509. The molecule has 1 rings (SSSR count). The SMILES string of the molecule is CS(=O)(=O)c1cc(C(F)(F)F)ccc1S. The summed E-state index contributed by atoms with van der Waals surface area (Å²) in [5.74, 6) is 0. The van der Waals surface area contributed by atoms with Crippen LogP contribution < -0.4 is 0 Å². The number of sulfone groups is 1. The van der Waals surface area contributed by atoms with E-state index in [2.05, 4.69) is 12.6 Å². The highest BCUT2D eigenvalue weighted by molar-refractivity contribution is 7.91. The van der Waals surface area contributed by atoms with Gasteiger partial charge in [0.05, 0.1) is 10.5 Å². The van der Waals surface area contributed by atoms with Gasteiger partial charge in [0.2, 0.25) is 0 Å². The minimum Gasteiger partial charge on any atom is -0.224 e. The van der Waals surface area contributed by atoms with E-state index >= 15 is 0 Å². The number of benzene rings is 1. The van der Waals surface area contributed by atoms with Crippen LogP contribution in [0.2, 0.25) is 0 Å². The lowest BCUT2D eigenvalue weighted by Crippen LogP contribution is -2.07. The molecule has 0 aromatic heterocycles. The van der Waals surface area contributed by atoms with Gasteiger partial charge in [-0.1, -0.05) is 0 Å². The Hall–Kier alpha value is -0.690. The van der Waals surface area contributed by atoms with E-state index < -0.39 is 26.5 Å². The fraction of sp³-hybridized carbons (Fsp3) is 0.250. The Morgan fingerprint density at radius 2 is 1.80 bits per heavy atom. The smallest absolute Gasteiger partial charge is 0.224 e. The molecule has 0 radical (unpaired) electrons. The lowest BCUT2D eigenvalue weighted by Gasteiger charge is -2.09. The van der Waals surface area contributed by atoms with Gasteiger partial charge < -0.3 is 0 Å². The number of rotatable bonds is 1. The van der Waals surface area contributed by atoms with Gasteiger partial charge in [0.25, 0.3) is 0 Å². The lowest BCUT2D eigenvalue weighted by molar-refractivity contribution is -0.137. The molecule has 0 aliphatic carbocycles. The van der Waals surface area contributed by atoms with Crippen molar-refractivity contribution >= 4 is 22.5 Å². The van der Waals surface area contributed by atoms with Crippen molar-refractivity contribution in [2.45, 2.75) is 16.0 Å². The second kappa shape index (κ2) is 3.71. The van der Waals surface area contributed by atoms with Crippen LogP contribution in [-0.2, 0) is 16.0 Å². The highest BCUT2D eigenvalue weighted by Crippen LogP contribution is 2.32. The summed E-state index contributed by atoms with van der Waals surface area (Å²) in [4.78, 5) is -0.411. The van der Waals surface area contributed by atoms with E-state index in [1.165, 1.54) is 0 Å². The Bertz CT molecular complexity index is 477. The summed E-state index contributed by atoms with van der Waals surface area (Å²) >= 11 is 3.79. The summed E-state index contributed by atoms with van der Waals surface area (Å²) in [7, 11) is -3.69. The molecule has 0 atom stereocenters. The molecule has 0 unspecified atom stereocenters. The largest absolute Gasteiger partial charge is 0.416 e. The molecule has 0 aliphatic heterocycles. The summed E-state index contributed by atoms with van der Waals surface area (Å²) in [5.41, 5.74) is -0.999. The van der Waals surface area contributed by atoms with E-state index in [0.29, 0.717) is 6.07 Å². The average molecular weight is 256 g/mol. The Balaban J connectivity index is 3.43. The van der Waals surface area contributed by atoms with E-state index in [1.54, 1.807) is 0 Å². The third-order valence-electron chi connectivity index (χ3n) is 1.69. The van der Waals surface area contributed by atoms with Crippen molar-refractivity contribution in [3.63, 3.8) is 0 Å². The second-order valence-corrected chi connectivity index (χ2v) is 5.42. The maximum atomic E-state index is 12.3. The van der Waals surface area contributed by atoms with E-state index in [4.69, 9.17) is 0 Å². The van der Waals surface area contributed by atoms with E-state index in [1.807, 2.05) is 0 Å². The Morgan fingerprint density at radius 3 is 2.20 bits per heavy atom. The van der Waals surface area contributed by atoms with Gasteiger partial charge in [-0.2, -0.15) is 13.2 Å². The average Bonchev–Trinajstić information content (AvgIpc) is 2.00. The lowest BCUT2D eigenvalue weighted by atomic mass is 10.2. The predicted molar refractivity (Wildman–Crippen MR) is 51.8 cm³/mol. The van der Waals surface area contributed by atoms with Crippen molar-refractivity contribution in [3.8, 4) is 0 Å². The highest BCUT2D eigenvalue weighted by atomic mass is 32.2. The minimum atomic E-state index is -4.55. The van der Waals surface area contributed by atoms with Gasteiger partial charge in [0, 0.05) is 11.2 Å². The topological polar surface area (TPSA) is 34.1 Å². The summed E-state index contributed by atoms with van der Waals surface area (Å²) < 4.78 is 59.0. The third kappa shape index (κ3) is 2.88. The summed E-state index contributed by atoms with van der Waals surface area (Å²) in [6, 6.07) is 2.39. The molecule has 7 heteroatoms. The summed E-state index contributed by atoms with van der Waals surface area (Å²) in [5, 5.41) is 0. The first-order valence-electron chi connectivity index (χ1n) is 3.72. The van der Waals surface area contributed by atoms with Crippen LogP contribution >= 0.6 is 12.6 Å². The maximum absolute atomic E-state index is 12.3. The molecule has 0 heterocycles. The molecular formula is C8H7F3O2S2. The molecule has 84 valence electrons. The number of halogens is 3. The fourth-order valence-electron chi connectivity index (χ4n) is 0.987. The van der Waals surface area contributed by atoms with Gasteiger partial charge in [-0.15, -0.1) is 12.6 Å². The summed E-state index contributed by atoms with van der Waals surface area (Å²) in [6.45, 7) is 0. The molecule has 0 N–H and O–H groups in total. The van der Waals surface area contributed by atoms with Crippen molar-refractivity contribution in [1.29, 1.82) is 0 Å². The number of thiol groups is 1. The first-order valence-corrected chi connectivity index (χ1v) is 6.06. The first kappa shape index (κ1) is 12.4. The van der Waals surface area contributed by atoms with Gasteiger partial charge in [0.15, 0.2) is 9.84 Å². The van der Waals surface area contributed by atoms with Crippen LogP contribution in [0.3, 0.4) is 0 Å². The monoisotopic (exact) mass is 256 g/mol. The van der Waals surface area contributed by atoms with Crippen molar-refractivity contribution in [3.05, 3.63) is 23.8 Å². The molecular weight excluding hydrogens is 249 g/mol. The van der Waals surface area contributed by atoms with Crippen LogP contribution in [0.4, 0.5) is 13.2 Å². The zero-order valence-electron chi connectivity index (χ0n) is 7.54. The van der Waals surface area contributed by atoms with E-state index in [-0.39, 0.29) is 4.90 Å². The molecule has 0 saturated heterocycles. The molecule has 0 aliphatic rings. The van der Waals surface area contributed by atoms with Crippen LogP contribution in [0.1, 0.15) is 5.56 Å². The Labute approximate surface area is 90.4 Å². The Kier molecular flexibility index (Phi) is 3.06. The first-order chi connectivity index (χ1) is 6.62. The van der Waals surface area contributed by atoms with E-state index in [9.17, 15) is 21.6 Å². The molecule has 0 bridgehead atoms. The molecule has 15 heavy (non-hydrogen) atoms. The van der Waals surface area contributed by atoms with Crippen molar-refractivity contribution in [2.24, 2.45) is 0 Å². The van der Waals surface area contributed by atoms with Crippen LogP contribution in [-0.4, -0.2) is 14.7 Å². The second-order valence-electron chi connectivity index (χ2n) is 2.95. The molecule has 2 nitrogen and oxygen atoms in total. The van der Waals surface area contributed by atoms with Gasteiger partial charge in [0.1, 0.15) is 0 Å². The number of hydrogen-bond acceptors (Lipinski definition) is 3. The highest BCUT2D eigenvalue weighted by Gasteiger charge is 2.31. The van der Waals surface area contributed by atoms with E-state index in [0.717, 1.165) is 18.4 Å². The Morgan fingerprint density at radius 1 is 1.27 bits per heavy atom. The van der Waals surface area contributed by atoms with Crippen LogP contribution in [0, 0.1) is 0 Å². The zero-order chi connectivity index (χ0) is 11.9. The summed E-state index contributed by atoms with van der Waals surface area (Å²) in [6.07, 6.45) is -3.72. The quantitative estimate of drug-likeness (QED) is 0.783. The maximum Gasteiger partial charge on any atom is 0.416 e. The zero-order valence-corrected chi connectivity index (χ0v) is 9.25. The van der Waals surface area contributed by atoms with Gasteiger partial charge >= 0.3 is 6.18 Å². The number of alkyl halides is 3. The fourth-order valence-corrected chi connectivity index (χ4v) is 2.41.